The van der Waals surface area contributed by atoms with E-state index in [1.807, 2.05) is 54.6 Å². The number of benzene rings is 2. The van der Waals surface area contributed by atoms with Crippen LogP contribution in [0, 0.1) is 0 Å². The van der Waals surface area contributed by atoms with Crippen molar-refractivity contribution < 1.29 is 9.53 Å². The second-order valence-corrected chi connectivity index (χ2v) is 5.76. The van der Waals surface area contributed by atoms with Crippen molar-refractivity contribution in [2.75, 3.05) is 5.32 Å². The Morgan fingerprint density at radius 2 is 1.55 bits per heavy atom. The molecule has 22 heavy (non-hydrogen) atoms. The summed E-state index contributed by atoms with van der Waals surface area (Å²) in [5.74, 6) is 1.42. The lowest BCUT2D eigenvalue weighted by molar-refractivity contribution is -0.121. The highest BCUT2D eigenvalue weighted by molar-refractivity contribution is 5.98. The molecule has 0 unspecified atom stereocenters. The van der Waals surface area contributed by atoms with Gasteiger partial charge in [0.05, 0.1) is 5.54 Å². The molecule has 1 fully saturated rings. The number of ether oxygens (including phenoxy) is 1. The predicted molar refractivity (Wildman–Crippen MR) is 87.0 cm³/mol. The standard InChI is InChI=1S/C18H20N2O2/c19-18(12-4-5-13-18)17(21)20-14-8-10-16(11-9-14)22-15-6-2-1-3-7-15/h1-3,6-11H,4-5,12-13,19H2,(H,20,21). The second-order valence-electron chi connectivity index (χ2n) is 5.76. The Bertz CT molecular complexity index is 632. The lowest BCUT2D eigenvalue weighted by Crippen LogP contribution is -2.48. The van der Waals surface area contributed by atoms with Gasteiger partial charge in [0.1, 0.15) is 11.5 Å². The van der Waals surface area contributed by atoms with E-state index in [0.29, 0.717) is 0 Å². The Morgan fingerprint density at radius 1 is 0.955 bits per heavy atom. The maximum absolute atomic E-state index is 12.2. The van der Waals surface area contributed by atoms with Crippen molar-refractivity contribution in [1.29, 1.82) is 0 Å². The van der Waals surface area contributed by atoms with Gasteiger partial charge in [0.25, 0.3) is 0 Å². The largest absolute Gasteiger partial charge is 0.457 e. The number of hydrogen-bond acceptors (Lipinski definition) is 3. The Hall–Kier alpha value is -2.33. The average Bonchev–Trinajstić information content (AvgIpc) is 2.98. The lowest BCUT2D eigenvalue weighted by atomic mass is 9.98. The topological polar surface area (TPSA) is 64.4 Å². The molecule has 0 bridgehead atoms. The molecule has 4 nitrogen and oxygen atoms in total. The molecule has 114 valence electrons. The van der Waals surface area contributed by atoms with Gasteiger partial charge in [0, 0.05) is 5.69 Å². The van der Waals surface area contributed by atoms with Crippen LogP contribution in [-0.4, -0.2) is 11.4 Å². The zero-order valence-corrected chi connectivity index (χ0v) is 12.4. The van der Waals surface area contributed by atoms with Crippen molar-refractivity contribution in [3.05, 3.63) is 54.6 Å². The molecule has 0 atom stereocenters. The van der Waals surface area contributed by atoms with E-state index in [9.17, 15) is 4.79 Å². The van der Waals surface area contributed by atoms with Crippen molar-refractivity contribution in [3.8, 4) is 11.5 Å². The summed E-state index contributed by atoms with van der Waals surface area (Å²) in [6, 6.07) is 16.9. The summed E-state index contributed by atoms with van der Waals surface area (Å²) in [7, 11) is 0. The summed E-state index contributed by atoms with van der Waals surface area (Å²) in [4.78, 5) is 12.2. The molecule has 1 amide bonds. The van der Waals surface area contributed by atoms with Crippen LogP contribution in [0.3, 0.4) is 0 Å². The molecule has 1 aliphatic rings. The van der Waals surface area contributed by atoms with Crippen LogP contribution in [0.5, 0.6) is 11.5 Å². The van der Waals surface area contributed by atoms with Crippen molar-refractivity contribution in [3.63, 3.8) is 0 Å². The van der Waals surface area contributed by atoms with Crippen molar-refractivity contribution in [2.24, 2.45) is 5.73 Å². The van der Waals surface area contributed by atoms with Crippen LogP contribution >= 0.6 is 0 Å². The Morgan fingerprint density at radius 3 is 2.18 bits per heavy atom. The van der Waals surface area contributed by atoms with Gasteiger partial charge >= 0.3 is 0 Å². The monoisotopic (exact) mass is 296 g/mol. The first kappa shape index (κ1) is 14.6. The normalized spacial score (nSPS) is 16.2. The van der Waals surface area contributed by atoms with Gasteiger partial charge < -0.3 is 15.8 Å². The SMILES string of the molecule is NC1(C(=O)Nc2ccc(Oc3ccccc3)cc2)CCCC1. The number of carbonyl (C=O) groups excluding carboxylic acids is 1. The maximum Gasteiger partial charge on any atom is 0.244 e. The molecule has 0 aromatic heterocycles. The third kappa shape index (κ3) is 3.28. The highest BCUT2D eigenvalue weighted by atomic mass is 16.5. The fourth-order valence-corrected chi connectivity index (χ4v) is 2.72. The number of nitrogens with one attached hydrogen (secondary N) is 1. The van der Waals surface area contributed by atoms with E-state index < -0.39 is 5.54 Å². The molecular formula is C18H20N2O2. The van der Waals surface area contributed by atoms with E-state index in [2.05, 4.69) is 5.32 Å². The zero-order valence-electron chi connectivity index (χ0n) is 12.4. The van der Waals surface area contributed by atoms with E-state index in [4.69, 9.17) is 10.5 Å². The first-order valence-electron chi connectivity index (χ1n) is 7.59. The summed E-state index contributed by atoms with van der Waals surface area (Å²) in [6.07, 6.45) is 3.56. The number of amides is 1. The summed E-state index contributed by atoms with van der Waals surface area (Å²) in [6.45, 7) is 0. The van der Waals surface area contributed by atoms with Crippen molar-refractivity contribution in [1.82, 2.24) is 0 Å². The molecular weight excluding hydrogens is 276 g/mol. The van der Waals surface area contributed by atoms with Crippen LogP contribution in [0.15, 0.2) is 54.6 Å². The van der Waals surface area contributed by atoms with Gasteiger partial charge in [-0.15, -0.1) is 0 Å². The second kappa shape index (κ2) is 6.20. The summed E-state index contributed by atoms with van der Waals surface area (Å²) >= 11 is 0. The van der Waals surface area contributed by atoms with Gasteiger partial charge in [-0.2, -0.15) is 0 Å². The first-order valence-corrected chi connectivity index (χ1v) is 7.59. The number of para-hydroxylation sites is 1. The number of rotatable bonds is 4. The quantitative estimate of drug-likeness (QED) is 0.904. The Labute approximate surface area is 130 Å². The van der Waals surface area contributed by atoms with Crippen LogP contribution < -0.4 is 15.8 Å². The maximum atomic E-state index is 12.2. The molecule has 2 aromatic rings. The van der Waals surface area contributed by atoms with Gasteiger partial charge in [0.2, 0.25) is 5.91 Å². The average molecular weight is 296 g/mol. The van der Waals surface area contributed by atoms with Crippen LogP contribution in [0.25, 0.3) is 0 Å². The third-order valence-corrected chi connectivity index (χ3v) is 4.04. The lowest BCUT2D eigenvalue weighted by Gasteiger charge is -2.22. The zero-order chi connectivity index (χ0) is 15.4. The predicted octanol–water partition coefficient (Wildman–Crippen LogP) is 3.69. The highest BCUT2D eigenvalue weighted by Gasteiger charge is 2.36. The molecule has 4 heteroatoms. The molecule has 0 spiro atoms. The van der Waals surface area contributed by atoms with Crippen LogP contribution in [0.1, 0.15) is 25.7 Å². The molecule has 3 rings (SSSR count). The van der Waals surface area contributed by atoms with Crippen LogP contribution in [0.2, 0.25) is 0 Å². The van der Waals surface area contributed by atoms with Gasteiger partial charge in [-0.25, -0.2) is 0 Å². The van der Waals surface area contributed by atoms with E-state index in [1.54, 1.807) is 0 Å². The molecule has 1 aliphatic carbocycles. The molecule has 2 aromatic carbocycles. The number of hydrogen-bond donors (Lipinski definition) is 2. The van der Waals surface area contributed by atoms with Gasteiger partial charge in [-0.3, -0.25) is 4.79 Å². The smallest absolute Gasteiger partial charge is 0.244 e. The number of carbonyl (C=O) groups is 1. The van der Waals surface area contributed by atoms with E-state index in [-0.39, 0.29) is 5.91 Å². The highest BCUT2D eigenvalue weighted by Crippen LogP contribution is 2.29. The first-order chi connectivity index (χ1) is 10.7. The minimum absolute atomic E-state index is 0.0956. The molecule has 1 saturated carbocycles. The minimum Gasteiger partial charge on any atom is -0.457 e. The minimum atomic E-state index is -0.709. The van der Waals surface area contributed by atoms with E-state index in [0.717, 1.165) is 42.9 Å². The van der Waals surface area contributed by atoms with Crippen molar-refractivity contribution >= 4 is 11.6 Å². The van der Waals surface area contributed by atoms with E-state index >= 15 is 0 Å². The van der Waals surface area contributed by atoms with Crippen molar-refractivity contribution in [2.45, 2.75) is 31.2 Å². The number of anilines is 1. The molecule has 0 saturated heterocycles. The molecule has 0 heterocycles. The Kier molecular flexibility index (Phi) is 4.11. The van der Waals surface area contributed by atoms with Crippen LogP contribution in [-0.2, 0) is 4.79 Å². The van der Waals surface area contributed by atoms with Gasteiger partial charge in [-0.1, -0.05) is 31.0 Å². The van der Waals surface area contributed by atoms with E-state index in [1.165, 1.54) is 0 Å². The molecule has 0 radical (unpaired) electrons. The molecule has 0 aliphatic heterocycles. The Balaban J connectivity index is 1.63. The summed E-state index contributed by atoms with van der Waals surface area (Å²) in [5.41, 5.74) is 6.17. The van der Waals surface area contributed by atoms with Gasteiger partial charge in [-0.05, 0) is 49.2 Å². The fourth-order valence-electron chi connectivity index (χ4n) is 2.72. The third-order valence-electron chi connectivity index (χ3n) is 4.04. The van der Waals surface area contributed by atoms with Crippen LogP contribution in [0.4, 0.5) is 5.69 Å². The summed E-state index contributed by atoms with van der Waals surface area (Å²) < 4.78 is 5.72. The van der Waals surface area contributed by atoms with Gasteiger partial charge in [0.15, 0.2) is 0 Å². The number of nitrogens with two attached hydrogens (primary N) is 1. The fraction of sp³-hybridized carbons (Fsp3) is 0.278. The molecule has 3 N–H and O–H groups in total. The summed E-state index contributed by atoms with van der Waals surface area (Å²) in [5, 5.41) is 2.90.